The van der Waals surface area contributed by atoms with Crippen LogP contribution in [-0.2, 0) is 11.3 Å². The summed E-state index contributed by atoms with van der Waals surface area (Å²) in [7, 11) is 0. The van der Waals surface area contributed by atoms with Crippen LogP contribution in [0, 0.1) is 0 Å². The lowest BCUT2D eigenvalue weighted by Gasteiger charge is -2.20. The van der Waals surface area contributed by atoms with Gasteiger partial charge < -0.3 is 25.3 Å². The minimum Gasteiger partial charge on any atom is -0.482 e. The molecule has 2 aromatic heterocycles. The Morgan fingerprint density at radius 3 is 2.73 bits per heavy atom. The summed E-state index contributed by atoms with van der Waals surface area (Å²) in [6.45, 7) is 5.58. The van der Waals surface area contributed by atoms with Crippen molar-refractivity contribution < 1.29 is 19.1 Å². The first kappa shape index (κ1) is 22.3. The first-order chi connectivity index (χ1) is 16.0. The molecule has 4 rings (SSSR count). The van der Waals surface area contributed by atoms with Gasteiger partial charge in [0, 0.05) is 25.8 Å². The highest BCUT2D eigenvalue weighted by molar-refractivity contribution is 6.10. The van der Waals surface area contributed by atoms with Crippen LogP contribution >= 0.6 is 0 Å². The summed E-state index contributed by atoms with van der Waals surface area (Å²) >= 11 is 0. The van der Waals surface area contributed by atoms with Crippen LogP contribution in [0.2, 0.25) is 0 Å². The third kappa shape index (κ3) is 4.64. The lowest BCUT2D eigenvalue weighted by atomic mass is 10.1. The van der Waals surface area contributed by atoms with E-state index in [1.54, 1.807) is 23.2 Å². The number of anilines is 1. The molecule has 10 heteroatoms. The van der Waals surface area contributed by atoms with Gasteiger partial charge in [-0.2, -0.15) is 0 Å². The number of aromatic nitrogens is 3. The van der Waals surface area contributed by atoms with Crippen molar-refractivity contribution in [3.8, 4) is 5.75 Å². The summed E-state index contributed by atoms with van der Waals surface area (Å²) in [5.74, 6) is -0.153. The molecule has 0 radical (unpaired) electrons. The molecule has 0 spiro atoms. The highest BCUT2D eigenvalue weighted by Gasteiger charge is 2.23. The zero-order valence-corrected chi connectivity index (χ0v) is 18.6. The normalized spacial score (nSPS) is 12.6. The van der Waals surface area contributed by atoms with Gasteiger partial charge in [0.25, 0.3) is 17.7 Å². The molecule has 3 heterocycles. The molecular formula is C23H26N6O4. The van der Waals surface area contributed by atoms with Crippen molar-refractivity contribution in [2.24, 2.45) is 0 Å². The molecule has 172 valence electrons. The third-order valence-electron chi connectivity index (χ3n) is 5.31. The largest absolute Gasteiger partial charge is 0.482 e. The molecule has 10 nitrogen and oxygen atoms in total. The minimum atomic E-state index is -0.403. The van der Waals surface area contributed by atoms with Crippen LogP contribution in [0.1, 0.15) is 53.1 Å². The van der Waals surface area contributed by atoms with Crippen LogP contribution < -0.4 is 15.4 Å². The fourth-order valence-electron chi connectivity index (χ4n) is 3.81. The molecule has 0 aliphatic carbocycles. The smallest absolute Gasteiger partial charge is 0.272 e. The SMILES string of the molecule is CCCN(CCC)C(=O)c1c[nH]c2c(C(=O)NCc3ccc4c(c3)NC(=O)CO4)ncnc12. The quantitative estimate of drug-likeness (QED) is 0.484. The van der Waals surface area contributed by atoms with Gasteiger partial charge in [-0.3, -0.25) is 14.4 Å². The molecular weight excluding hydrogens is 424 g/mol. The zero-order valence-electron chi connectivity index (χ0n) is 18.6. The minimum absolute atomic E-state index is 0.0118. The van der Waals surface area contributed by atoms with Crippen LogP contribution in [0.25, 0.3) is 11.0 Å². The van der Waals surface area contributed by atoms with Gasteiger partial charge in [0.2, 0.25) is 0 Å². The number of H-pyrrole nitrogens is 1. The van der Waals surface area contributed by atoms with E-state index < -0.39 is 5.91 Å². The van der Waals surface area contributed by atoms with E-state index in [1.807, 2.05) is 19.9 Å². The number of nitrogens with zero attached hydrogens (tertiary/aromatic N) is 3. The van der Waals surface area contributed by atoms with Crippen molar-refractivity contribution in [1.29, 1.82) is 0 Å². The summed E-state index contributed by atoms with van der Waals surface area (Å²) in [6.07, 6.45) is 4.59. The second-order valence-corrected chi connectivity index (χ2v) is 7.79. The number of fused-ring (bicyclic) bond motifs is 2. The van der Waals surface area contributed by atoms with Gasteiger partial charge in [-0.05, 0) is 30.5 Å². The molecule has 0 saturated carbocycles. The maximum absolute atomic E-state index is 13.0. The topological polar surface area (TPSA) is 129 Å². The third-order valence-corrected chi connectivity index (χ3v) is 5.31. The summed E-state index contributed by atoms with van der Waals surface area (Å²) in [5, 5.41) is 5.58. The lowest BCUT2D eigenvalue weighted by molar-refractivity contribution is -0.118. The van der Waals surface area contributed by atoms with Crippen LogP contribution in [0.3, 0.4) is 0 Å². The molecule has 3 amide bonds. The standard InChI is InChI=1S/C23H26N6O4/c1-3-7-29(8-4-2)23(32)15-11-24-20-19(15)26-13-27-21(20)22(31)25-10-14-5-6-17-16(9-14)28-18(30)12-33-17/h5-6,9,11,13,24H,3-4,7-8,10,12H2,1-2H3,(H,25,31)(H,28,30). The monoisotopic (exact) mass is 450 g/mol. The summed E-state index contributed by atoms with van der Waals surface area (Å²) in [5.41, 5.74) is 2.78. The Morgan fingerprint density at radius 2 is 1.97 bits per heavy atom. The van der Waals surface area contributed by atoms with E-state index in [0.717, 1.165) is 18.4 Å². The van der Waals surface area contributed by atoms with Gasteiger partial charge >= 0.3 is 0 Å². The molecule has 1 aromatic carbocycles. The molecule has 3 N–H and O–H groups in total. The number of benzene rings is 1. The van der Waals surface area contributed by atoms with E-state index >= 15 is 0 Å². The number of nitrogens with one attached hydrogen (secondary N) is 3. The summed E-state index contributed by atoms with van der Waals surface area (Å²) in [6, 6.07) is 5.32. The molecule has 0 fully saturated rings. The van der Waals surface area contributed by atoms with E-state index in [0.29, 0.717) is 41.1 Å². The van der Waals surface area contributed by atoms with Crippen LogP contribution in [0.5, 0.6) is 5.75 Å². The number of carbonyl (C=O) groups excluding carboxylic acids is 3. The average molecular weight is 450 g/mol. The summed E-state index contributed by atoms with van der Waals surface area (Å²) < 4.78 is 5.35. The number of hydrogen-bond donors (Lipinski definition) is 3. The first-order valence-corrected chi connectivity index (χ1v) is 11.0. The molecule has 1 aliphatic rings. The van der Waals surface area contributed by atoms with E-state index in [-0.39, 0.29) is 30.7 Å². The Bertz CT molecular complexity index is 1200. The Hall–Kier alpha value is -3.95. The molecule has 1 aliphatic heterocycles. The van der Waals surface area contributed by atoms with Crippen molar-refractivity contribution in [3.63, 3.8) is 0 Å². The number of carbonyl (C=O) groups is 3. The van der Waals surface area contributed by atoms with Gasteiger partial charge in [0.05, 0.1) is 16.8 Å². The molecule has 0 atom stereocenters. The van der Waals surface area contributed by atoms with Crippen LogP contribution in [-0.4, -0.2) is 57.3 Å². The van der Waals surface area contributed by atoms with Gasteiger partial charge in [-0.25, -0.2) is 9.97 Å². The molecule has 0 bridgehead atoms. The average Bonchev–Trinajstić information content (AvgIpc) is 3.26. The van der Waals surface area contributed by atoms with Crippen molar-refractivity contribution in [2.45, 2.75) is 33.2 Å². The maximum Gasteiger partial charge on any atom is 0.272 e. The molecule has 0 saturated heterocycles. The van der Waals surface area contributed by atoms with Gasteiger partial charge in [0.15, 0.2) is 12.3 Å². The molecule has 33 heavy (non-hydrogen) atoms. The zero-order chi connectivity index (χ0) is 23.4. The fraction of sp³-hybridized carbons (Fsp3) is 0.348. The van der Waals surface area contributed by atoms with Gasteiger partial charge in [0.1, 0.15) is 17.6 Å². The Morgan fingerprint density at radius 1 is 1.18 bits per heavy atom. The second-order valence-electron chi connectivity index (χ2n) is 7.79. The Labute approximate surface area is 190 Å². The maximum atomic E-state index is 13.0. The van der Waals surface area contributed by atoms with Gasteiger partial charge in [-0.1, -0.05) is 19.9 Å². The highest BCUT2D eigenvalue weighted by atomic mass is 16.5. The molecule has 0 unspecified atom stereocenters. The van der Waals surface area contributed by atoms with Crippen molar-refractivity contribution in [3.05, 3.63) is 47.5 Å². The Kier molecular flexibility index (Phi) is 6.53. The predicted octanol–water partition coefficient (Wildman–Crippen LogP) is 2.48. The van der Waals surface area contributed by atoms with E-state index in [1.165, 1.54) is 6.33 Å². The number of rotatable bonds is 8. The van der Waals surface area contributed by atoms with Gasteiger partial charge in [-0.15, -0.1) is 0 Å². The van der Waals surface area contributed by atoms with E-state index in [4.69, 9.17) is 4.74 Å². The Balaban J connectivity index is 1.52. The number of hydrogen-bond acceptors (Lipinski definition) is 6. The van der Waals surface area contributed by atoms with Crippen molar-refractivity contribution in [2.75, 3.05) is 25.0 Å². The van der Waals surface area contributed by atoms with E-state index in [2.05, 4.69) is 25.6 Å². The molecule has 3 aromatic rings. The highest BCUT2D eigenvalue weighted by Crippen LogP contribution is 2.28. The summed E-state index contributed by atoms with van der Waals surface area (Å²) in [4.78, 5) is 50.6. The van der Waals surface area contributed by atoms with Crippen molar-refractivity contribution >= 4 is 34.4 Å². The lowest BCUT2D eigenvalue weighted by Crippen LogP contribution is -2.32. The first-order valence-electron chi connectivity index (χ1n) is 11.0. The van der Waals surface area contributed by atoms with Crippen molar-refractivity contribution in [1.82, 2.24) is 25.2 Å². The number of ether oxygens (including phenoxy) is 1. The van der Waals surface area contributed by atoms with Crippen LogP contribution in [0.4, 0.5) is 5.69 Å². The second kappa shape index (κ2) is 9.68. The number of aromatic amines is 1. The fourth-order valence-corrected chi connectivity index (χ4v) is 3.81. The predicted molar refractivity (Wildman–Crippen MR) is 122 cm³/mol. The van der Waals surface area contributed by atoms with Crippen LogP contribution in [0.15, 0.2) is 30.7 Å². The van der Waals surface area contributed by atoms with E-state index in [9.17, 15) is 14.4 Å². The number of amides is 3.